The van der Waals surface area contributed by atoms with Gasteiger partial charge in [0, 0.05) is 24.7 Å². The smallest absolute Gasteiger partial charge is 0.209 e. The lowest BCUT2D eigenvalue weighted by Gasteiger charge is -2.14. The van der Waals surface area contributed by atoms with Crippen molar-refractivity contribution in [3.05, 3.63) is 39.4 Å². The molecule has 21 heavy (non-hydrogen) atoms. The maximum Gasteiger partial charge on any atom is 0.209 e. The second-order valence-corrected chi connectivity index (χ2v) is 5.36. The summed E-state index contributed by atoms with van der Waals surface area (Å²) in [4.78, 5) is 12.3. The number of nitrogens with zero attached hydrogens (tertiary/aromatic N) is 2. The van der Waals surface area contributed by atoms with Crippen molar-refractivity contribution in [1.29, 1.82) is 5.26 Å². The van der Waals surface area contributed by atoms with Gasteiger partial charge in [0.15, 0.2) is 5.82 Å². The van der Waals surface area contributed by atoms with E-state index in [0.717, 1.165) is 0 Å². The summed E-state index contributed by atoms with van der Waals surface area (Å²) >= 11 is 0. The maximum atomic E-state index is 14.4. The Kier molecular flexibility index (Phi) is 2.96. The SMILES string of the molecule is CCn1cc(C#N)c(=O)c2c(N)c(F)c(C3CC3N)cc21. The first-order valence-electron chi connectivity index (χ1n) is 6.80. The number of rotatable bonds is 2. The minimum atomic E-state index is -0.588. The van der Waals surface area contributed by atoms with Gasteiger partial charge in [0.05, 0.1) is 16.6 Å². The number of aryl methyl sites for hydroxylation is 1. The van der Waals surface area contributed by atoms with E-state index in [2.05, 4.69) is 0 Å². The summed E-state index contributed by atoms with van der Waals surface area (Å²) in [6.07, 6.45) is 2.20. The predicted molar refractivity (Wildman–Crippen MR) is 78.3 cm³/mol. The Balaban J connectivity index is 2.43. The standard InChI is InChI=1S/C15H15FN4O/c1-2-20-6-7(5-17)15(21)12-11(20)4-9(8-3-10(8)18)13(16)14(12)19/h4,6,8,10H,2-3,18-19H2,1H3. The molecule has 0 radical (unpaired) electrons. The van der Waals surface area contributed by atoms with Gasteiger partial charge in [-0.25, -0.2) is 4.39 Å². The van der Waals surface area contributed by atoms with Gasteiger partial charge in [-0.1, -0.05) is 0 Å². The van der Waals surface area contributed by atoms with Crippen molar-refractivity contribution < 1.29 is 4.39 Å². The van der Waals surface area contributed by atoms with Crippen LogP contribution in [-0.4, -0.2) is 10.6 Å². The zero-order chi connectivity index (χ0) is 15.3. The van der Waals surface area contributed by atoms with Crippen LogP contribution in [-0.2, 0) is 6.54 Å². The fourth-order valence-electron chi connectivity index (χ4n) is 2.75. The van der Waals surface area contributed by atoms with E-state index in [-0.39, 0.29) is 28.6 Å². The molecule has 2 unspecified atom stereocenters. The number of nitrogens with two attached hydrogens (primary N) is 2. The van der Waals surface area contributed by atoms with Crippen molar-refractivity contribution in [3.8, 4) is 6.07 Å². The lowest BCUT2D eigenvalue weighted by Crippen LogP contribution is -2.16. The second-order valence-electron chi connectivity index (χ2n) is 5.36. The molecule has 0 spiro atoms. The molecular formula is C15H15FN4O. The summed E-state index contributed by atoms with van der Waals surface area (Å²) in [5.41, 5.74) is 11.9. The molecule has 0 saturated heterocycles. The molecule has 1 aromatic carbocycles. The third-order valence-corrected chi connectivity index (χ3v) is 4.07. The average molecular weight is 286 g/mol. The number of pyridine rings is 1. The Bertz CT molecular complexity index is 850. The Labute approximate surface area is 120 Å². The highest BCUT2D eigenvalue weighted by atomic mass is 19.1. The summed E-state index contributed by atoms with van der Waals surface area (Å²) in [6.45, 7) is 2.43. The molecule has 1 aliphatic carbocycles. The Morgan fingerprint density at radius 2 is 2.24 bits per heavy atom. The van der Waals surface area contributed by atoms with Crippen molar-refractivity contribution in [1.82, 2.24) is 4.57 Å². The molecular weight excluding hydrogens is 271 g/mol. The van der Waals surface area contributed by atoms with Crippen LogP contribution in [0, 0.1) is 17.1 Å². The molecule has 0 bridgehead atoms. The molecule has 1 aromatic heterocycles. The van der Waals surface area contributed by atoms with Crippen LogP contribution in [0.5, 0.6) is 0 Å². The molecule has 1 fully saturated rings. The van der Waals surface area contributed by atoms with E-state index in [1.54, 1.807) is 10.6 Å². The van der Waals surface area contributed by atoms with Crippen LogP contribution in [0.25, 0.3) is 10.9 Å². The summed E-state index contributed by atoms with van der Waals surface area (Å²) in [5.74, 6) is -0.636. The molecule has 5 nitrogen and oxygen atoms in total. The van der Waals surface area contributed by atoms with E-state index in [1.807, 2.05) is 13.0 Å². The van der Waals surface area contributed by atoms with Gasteiger partial charge in [0.2, 0.25) is 5.43 Å². The quantitative estimate of drug-likeness (QED) is 0.816. The molecule has 2 atom stereocenters. The van der Waals surface area contributed by atoms with Gasteiger partial charge in [-0.3, -0.25) is 4.79 Å². The van der Waals surface area contributed by atoms with Crippen LogP contribution in [0.2, 0.25) is 0 Å². The summed E-state index contributed by atoms with van der Waals surface area (Å²) < 4.78 is 16.2. The monoisotopic (exact) mass is 286 g/mol. The molecule has 4 N–H and O–H groups in total. The number of benzene rings is 1. The lowest BCUT2D eigenvalue weighted by molar-refractivity contribution is 0.615. The van der Waals surface area contributed by atoms with Crippen LogP contribution in [0.4, 0.5) is 10.1 Å². The van der Waals surface area contributed by atoms with Gasteiger partial charge < -0.3 is 16.0 Å². The molecule has 0 amide bonds. The van der Waals surface area contributed by atoms with Crippen molar-refractivity contribution in [2.24, 2.45) is 5.73 Å². The molecule has 1 saturated carbocycles. The third kappa shape index (κ3) is 1.89. The second kappa shape index (κ2) is 4.57. The molecule has 2 aromatic rings. The largest absolute Gasteiger partial charge is 0.396 e. The van der Waals surface area contributed by atoms with Crippen molar-refractivity contribution >= 4 is 16.6 Å². The van der Waals surface area contributed by atoms with Crippen LogP contribution in [0.15, 0.2) is 17.1 Å². The fourth-order valence-corrected chi connectivity index (χ4v) is 2.75. The highest BCUT2D eigenvalue weighted by Crippen LogP contribution is 2.42. The van der Waals surface area contributed by atoms with Crippen molar-refractivity contribution in [2.45, 2.75) is 31.8 Å². The van der Waals surface area contributed by atoms with Crippen LogP contribution < -0.4 is 16.9 Å². The Morgan fingerprint density at radius 1 is 1.57 bits per heavy atom. The first kappa shape index (κ1) is 13.6. The van der Waals surface area contributed by atoms with Crippen LogP contribution in [0.1, 0.15) is 30.4 Å². The predicted octanol–water partition coefficient (Wildman–Crippen LogP) is 1.43. The van der Waals surface area contributed by atoms with E-state index in [9.17, 15) is 9.18 Å². The summed E-state index contributed by atoms with van der Waals surface area (Å²) in [5, 5.41) is 9.11. The van der Waals surface area contributed by atoms with Gasteiger partial charge in [-0.15, -0.1) is 0 Å². The summed E-state index contributed by atoms with van der Waals surface area (Å²) in [6, 6.07) is 3.42. The van der Waals surface area contributed by atoms with E-state index in [4.69, 9.17) is 16.7 Å². The summed E-state index contributed by atoms with van der Waals surface area (Å²) in [7, 11) is 0. The number of halogens is 1. The first-order chi connectivity index (χ1) is 9.99. The van der Waals surface area contributed by atoms with Crippen LogP contribution >= 0.6 is 0 Å². The van der Waals surface area contributed by atoms with E-state index < -0.39 is 11.2 Å². The van der Waals surface area contributed by atoms with E-state index in [0.29, 0.717) is 24.0 Å². The van der Waals surface area contributed by atoms with Crippen molar-refractivity contribution in [2.75, 3.05) is 5.73 Å². The number of nitrogen functional groups attached to an aromatic ring is 1. The number of hydrogen-bond acceptors (Lipinski definition) is 4. The molecule has 1 heterocycles. The number of hydrogen-bond donors (Lipinski definition) is 2. The number of aromatic nitrogens is 1. The molecule has 3 rings (SSSR count). The zero-order valence-corrected chi connectivity index (χ0v) is 11.6. The fraction of sp³-hybridized carbons (Fsp3) is 0.333. The van der Waals surface area contributed by atoms with Gasteiger partial charge in [0.1, 0.15) is 11.6 Å². The minimum Gasteiger partial charge on any atom is -0.396 e. The normalized spacial score (nSPS) is 20.5. The average Bonchev–Trinajstić information content (AvgIpc) is 3.19. The molecule has 108 valence electrons. The van der Waals surface area contributed by atoms with E-state index >= 15 is 0 Å². The van der Waals surface area contributed by atoms with E-state index in [1.165, 1.54) is 6.20 Å². The zero-order valence-electron chi connectivity index (χ0n) is 11.6. The number of anilines is 1. The highest BCUT2D eigenvalue weighted by molar-refractivity contribution is 5.92. The minimum absolute atomic E-state index is 0.0358. The first-order valence-corrected chi connectivity index (χ1v) is 6.80. The highest BCUT2D eigenvalue weighted by Gasteiger charge is 2.38. The van der Waals surface area contributed by atoms with Gasteiger partial charge in [-0.05, 0) is 25.0 Å². The third-order valence-electron chi connectivity index (χ3n) is 4.07. The van der Waals surface area contributed by atoms with Gasteiger partial charge in [-0.2, -0.15) is 5.26 Å². The Morgan fingerprint density at radius 3 is 2.76 bits per heavy atom. The molecule has 0 aliphatic heterocycles. The lowest BCUT2D eigenvalue weighted by atomic mass is 10.0. The molecule has 6 heteroatoms. The topological polar surface area (TPSA) is 97.8 Å². The maximum absolute atomic E-state index is 14.4. The van der Waals surface area contributed by atoms with Crippen LogP contribution in [0.3, 0.4) is 0 Å². The van der Waals surface area contributed by atoms with Gasteiger partial charge >= 0.3 is 0 Å². The molecule has 1 aliphatic rings. The number of nitriles is 1. The van der Waals surface area contributed by atoms with Crippen molar-refractivity contribution in [3.63, 3.8) is 0 Å². The Hall–Kier alpha value is -2.39. The van der Waals surface area contributed by atoms with Gasteiger partial charge in [0.25, 0.3) is 0 Å². The number of fused-ring (bicyclic) bond motifs is 1.